The van der Waals surface area contributed by atoms with Crippen molar-refractivity contribution in [1.82, 2.24) is 9.62 Å². The van der Waals surface area contributed by atoms with Crippen LogP contribution in [0.5, 0.6) is 0 Å². The van der Waals surface area contributed by atoms with Gasteiger partial charge in [0.25, 0.3) is 0 Å². The zero-order valence-corrected chi connectivity index (χ0v) is 11.4. The van der Waals surface area contributed by atoms with Crippen LogP contribution in [0.3, 0.4) is 0 Å². The Morgan fingerprint density at radius 2 is 2.00 bits per heavy atom. The van der Waals surface area contributed by atoms with E-state index in [0.717, 1.165) is 18.5 Å². The van der Waals surface area contributed by atoms with Crippen LogP contribution < -0.4 is 5.32 Å². The average molecular weight is 248 g/mol. The Morgan fingerprint density at radius 3 is 2.44 bits per heavy atom. The van der Waals surface area contributed by atoms with E-state index in [4.69, 9.17) is 0 Å². The Bertz CT molecular complexity index is 299. The van der Waals surface area contributed by atoms with Gasteiger partial charge in [-0.15, -0.1) is 0 Å². The molecule has 0 amide bonds. The van der Waals surface area contributed by atoms with Crippen LogP contribution >= 0.6 is 0 Å². The van der Waals surface area contributed by atoms with Crippen LogP contribution in [0, 0.1) is 0 Å². The van der Waals surface area contributed by atoms with E-state index in [0.29, 0.717) is 19.5 Å². The second kappa shape index (κ2) is 7.81. The third-order valence-corrected chi connectivity index (χ3v) is 4.25. The molecule has 0 aromatic rings. The summed E-state index contributed by atoms with van der Waals surface area (Å²) in [5, 5.41) is 3.01. The van der Waals surface area contributed by atoms with Crippen LogP contribution in [0.15, 0.2) is 12.2 Å². The van der Waals surface area contributed by atoms with Crippen LogP contribution in [-0.2, 0) is 10.0 Å². The highest BCUT2D eigenvalue weighted by Gasteiger charge is 2.19. The molecule has 0 atom stereocenters. The van der Waals surface area contributed by atoms with Crippen molar-refractivity contribution in [2.45, 2.75) is 26.7 Å². The van der Waals surface area contributed by atoms with Crippen LogP contribution in [0.1, 0.15) is 26.7 Å². The van der Waals surface area contributed by atoms with Crippen molar-refractivity contribution < 1.29 is 8.42 Å². The quantitative estimate of drug-likeness (QED) is 0.493. The number of hydrogen-bond acceptors (Lipinski definition) is 3. The topological polar surface area (TPSA) is 49.4 Å². The fourth-order valence-electron chi connectivity index (χ4n) is 1.42. The second-order valence-electron chi connectivity index (χ2n) is 4.01. The lowest BCUT2D eigenvalue weighted by molar-refractivity contribution is 0.451. The maximum absolute atomic E-state index is 11.9. The van der Waals surface area contributed by atoms with Gasteiger partial charge in [0.05, 0.1) is 5.75 Å². The lowest BCUT2D eigenvalue weighted by Crippen LogP contribution is -2.34. The van der Waals surface area contributed by atoms with Crippen molar-refractivity contribution in [1.29, 1.82) is 0 Å². The maximum Gasteiger partial charge on any atom is 0.214 e. The third kappa shape index (κ3) is 6.25. The molecule has 0 aliphatic rings. The summed E-state index contributed by atoms with van der Waals surface area (Å²) >= 11 is 0. The zero-order valence-electron chi connectivity index (χ0n) is 10.6. The van der Waals surface area contributed by atoms with Gasteiger partial charge < -0.3 is 5.32 Å². The molecule has 0 fully saturated rings. The van der Waals surface area contributed by atoms with Crippen LogP contribution in [0.25, 0.3) is 0 Å². The summed E-state index contributed by atoms with van der Waals surface area (Å²) < 4.78 is 25.3. The van der Waals surface area contributed by atoms with E-state index in [1.54, 1.807) is 0 Å². The first-order valence-corrected chi connectivity index (χ1v) is 7.31. The summed E-state index contributed by atoms with van der Waals surface area (Å²) in [6, 6.07) is 0. The van der Waals surface area contributed by atoms with E-state index in [-0.39, 0.29) is 5.75 Å². The minimum Gasteiger partial charge on any atom is -0.320 e. The minimum absolute atomic E-state index is 0.232. The average Bonchev–Trinajstić information content (AvgIpc) is 2.20. The Kier molecular flexibility index (Phi) is 7.62. The number of unbranched alkanes of at least 4 members (excludes halogenated alkanes) is 1. The van der Waals surface area contributed by atoms with Crippen molar-refractivity contribution in [3.8, 4) is 0 Å². The summed E-state index contributed by atoms with van der Waals surface area (Å²) in [7, 11) is -1.23. The Hall–Kier alpha value is -0.390. The third-order valence-electron chi connectivity index (χ3n) is 2.27. The molecule has 16 heavy (non-hydrogen) atoms. The molecule has 0 saturated carbocycles. The SMILES string of the molecule is C=C(C)CN(CC)S(=O)(=O)CCCCNC. The van der Waals surface area contributed by atoms with Gasteiger partial charge in [-0.3, -0.25) is 0 Å². The van der Waals surface area contributed by atoms with E-state index in [1.165, 1.54) is 4.31 Å². The van der Waals surface area contributed by atoms with Gasteiger partial charge in [-0.1, -0.05) is 19.1 Å². The van der Waals surface area contributed by atoms with E-state index >= 15 is 0 Å². The molecular formula is C11H24N2O2S. The normalized spacial score (nSPS) is 12.0. The lowest BCUT2D eigenvalue weighted by Gasteiger charge is -2.20. The van der Waals surface area contributed by atoms with Crippen molar-refractivity contribution in [3.05, 3.63) is 12.2 Å². The van der Waals surface area contributed by atoms with E-state index < -0.39 is 10.0 Å². The highest BCUT2D eigenvalue weighted by atomic mass is 32.2. The molecule has 0 aliphatic carbocycles. The van der Waals surface area contributed by atoms with Crippen molar-refractivity contribution in [2.24, 2.45) is 0 Å². The molecule has 1 N–H and O–H groups in total. The minimum atomic E-state index is -3.10. The molecule has 0 unspecified atom stereocenters. The second-order valence-corrected chi connectivity index (χ2v) is 6.10. The zero-order chi connectivity index (χ0) is 12.6. The van der Waals surface area contributed by atoms with Gasteiger partial charge in [-0.25, -0.2) is 8.42 Å². The number of likely N-dealkylation sites (N-methyl/N-ethyl adjacent to an activating group) is 1. The van der Waals surface area contributed by atoms with Gasteiger partial charge in [0.15, 0.2) is 0 Å². The fraction of sp³-hybridized carbons (Fsp3) is 0.818. The van der Waals surface area contributed by atoms with Gasteiger partial charge >= 0.3 is 0 Å². The van der Waals surface area contributed by atoms with Gasteiger partial charge in [0.1, 0.15) is 0 Å². The Labute approximate surface area is 99.8 Å². The molecule has 0 aromatic heterocycles. The standard InChI is InChI=1S/C11H24N2O2S/c1-5-13(10-11(2)3)16(14,15)9-7-6-8-12-4/h12H,2,5-10H2,1,3-4H3. The molecule has 5 heteroatoms. The number of sulfonamides is 1. The first-order valence-electron chi connectivity index (χ1n) is 5.70. The first-order chi connectivity index (χ1) is 7.44. The van der Waals surface area contributed by atoms with Gasteiger partial charge in [0.2, 0.25) is 10.0 Å². The fourth-order valence-corrected chi connectivity index (χ4v) is 3.06. The molecule has 4 nitrogen and oxygen atoms in total. The van der Waals surface area contributed by atoms with E-state index in [9.17, 15) is 8.42 Å². The van der Waals surface area contributed by atoms with Crippen molar-refractivity contribution in [2.75, 3.05) is 32.4 Å². The van der Waals surface area contributed by atoms with Crippen LogP contribution in [0.2, 0.25) is 0 Å². The predicted molar refractivity (Wildman–Crippen MR) is 69.0 cm³/mol. The number of rotatable bonds is 9. The predicted octanol–water partition coefficient (Wildman–Crippen LogP) is 1.21. The van der Waals surface area contributed by atoms with Gasteiger partial charge in [0, 0.05) is 13.1 Å². The Morgan fingerprint density at radius 1 is 1.38 bits per heavy atom. The van der Waals surface area contributed by atoms with Crippen LogP contribution in [-0.4, -0.2) is 45.2 Å². The lowest BCUT2D eigenvalue weighted by atomic mass is 10.3. The molecule has 0 saturated heterocycles. The Balaban J connectivity index is 4.21. The smallest absolute Gasteiger partial charge is 0.214 e. The van der Waals surface area contributed by atoms with Gasteiger partial charge in [-0.05, 0) is 33.4 Å². The highest BCUT2D eigenvalue weighted by Crippen LogP contribution is 2.07. The summed E-state index contributed by atoms with van der Waals surface area (Å²) in [5.41, 5.74) is 0.876. The molecule has 0 aromatic carbocycles. The summed E-state index contributed by atoms with van der Waals surface area (Å²) in [6.07, 6.45) is 1.59. The molecule has 0 heterocycles. The first kappa shape index (κ1) is 15.6. The summed E-state index contributed by atoms with van der Waals surface area (Å²) in [6.45, 7) is 9.27. The van der Waals surface area contributed by atoms with Crippen molar-refractivity contribution in [3.63, 3.8) is 0 Å². The molecule has 0 bridgehead atoms. The van der Waals surface area contributed by atoms with Crippen molar-refractivity contribution >= 4 is 10.0 Å². The molecule has 96 valence electrons. The van der Waals surface area contributed by atoms with E-state index in [2.05, 4.69) is 11.9 Å². The maximum atomic E-state index is 11.9. The number of nitrogens with zero attached hydrogens (tertiary/aromatic N) is 1. The largest absolute Gasteiger partial charge is 0.320 e. The monoisotopic (exact) mass is 248 g/mol. The molecule has 0 rings (SSSR count). The number of hydrogen-bond donors (Lipinski definition) is 1. The molecule has 0 radical (unpaired) electrons. The molecule has 0 aliphatic heterocycles. The number of nitrogens with one attached hydrogen (secondary N) is 1. The molecule has 0 spiro atoms. The summed E-state index contributed by atoms with van der Waals surface area (Å²) in [4.78, 5) is 0. The van der Waals surface area contributed by atoms with E-state index in [1.807, 2.05) is 20.9 Å². The molecular weight excluding hydrogens is 224 g/mol. The van der Waals surface area contributed by atoms with Gasteiger partial charge in [-0.2, -0.15) is 4.31 Å². The summed E-state index contributed by atoms with van der Waals surface area (Å²) in [5.74, 6) is 0.232. The van der Waals surface area contributed by atoms with Crippen LogP contribution in [0.4, 0.5) is 0 Å². The highest BCUT2D eigenvalue weighted by molar-refractivity contribution is 7.89.